The van der Waals surface area contributed by atoms with E-state index in [4.69, 9.17) is 0 Å². The summed E-state index contributed by atoms with van der Waals surface area (Å²) in [5, 5.41) is 7.97. The van der Waals surface area contributed by atoms with Gasteiger partial charge in [-0.3, -0.25) is 9.79 Å². The molecule has 24 heavy (non-hydrogen) atoms. The van der Waals surface area contributed by atoms with Gasteiger partial charge in [-0.1, -0.05) is 13.8 Å². The van der Waals surface area contributed by atoms with Gasteiger partial charge in [0.05, 0.1) is 5.01 Å². The molecule has 0 unspecified atom stereocenters. The first-order valence-electron chi connectivity index (χ1n) is 8.67. The van der Waals surface area contributed by atoms with Gasteiger partial charge in [0.15, 0.2) is 5.96 Å². The van der Waals surface area contributed by atoms with E-state index in [2.05, 4.69) is 27.5 Å². The lowest BCUT2D eigenvalue weighted by molar-refractivity contribution is -0.135. The molecule has 0 radical (unpaired) electrons. The summed E-state index contributed by atoms with van der Waals surface area (Å²) in [7, 11) is 1.79. The maximum atomic E-state index is 12.0. The number of nitrogens with one attached hydrogen (secondary N) is 2. The third-order valence-corrected chi connectivity index (χ3v) is 5.14. The Morgan fingerprint density at radius 1 is 1.46 bits per heavy atom. The Kier molecular flexibility index (Phi) is 7.02. The van der Waals surface area contributed by atoms with Crippen LogP contribution < -0.4 is 10.6 Å². The number of thiazole rings is 1. The molecule has 1 fully saturated rings. The molecule has 2 heterocycles. The zero-order valence-electron chi connectivity index (χ0n) is 15.1. The number of carbonyl (C=O) groups is 1. The van der Waals surface area contributed by atoms with Crippen LogP contribution in [0.15, 0.2) is 11.2 Å². The van der Waals surface area contributed by atoms with Gasteiger partial charge in [0.1, 0.15) is 0 Å². The van der Waals surface area contributed by atoms with Crippen LogP contribution in [0.25, 0.3) is 0 Å². The molecule has 0 atom stereocenters. The SMILES string of the molecule is CN=C(NCCc1ncc(C)s1)NC1CCN(C(=O)C(C)C)CC1. The molecule has 0 saturated carbocycles. The molecule has 1 aromatic rings. The van der Waals surface area contributed by atoms with Crippen LogP contribution in [0.3, 0.4) is 0 Å². The van der Waals surface area contributed by atoms with E-state index in [-0.39, 0.29) is 11.8 Å². The maximum absolute atomic E-state index is 12.0. The smallest absolute Gasteiger partial charge is 0.225 e. The van der Waals surface area contributed by atoms with Gasteiger partial charge in [-0.15, -0.1) is 11.3 Å². The van der Waals surface area contributed by atoms with E-state index in [9.17, 15) is 4.79 Å². The second-order valence-electron chi connectivity index (χ2n) is 6.51. The fourth-order valence-corrected chi connectivity index (χ4v) is 3.59. The van der Waals surface area contributed by atoms with Crippen LogP contribution in [0.4, 0.5) is 0 Å². The summed E-state index contributed by atoms with van der Waals surface area (Å²) in [6.45, 7) is 8.46. The van der Waals surface area contributed by atoms with Crippen LogP contribution in [0.2, 0.25) is 0 Å². The van der Waals surface area contributed by atoms with Crippen LogP contribution in [-0.4, -0.2) is 54.5 Å². The van der Waals surface area contributed by atoms with Crippen LogP contribution in [0.5, 0.6) is 0 Å². The predicted molar refractivity (Wildman–Crippen MR) is 99.5 cm³/mol. The first-order chi connectivity index (χ1) is 11.5. The Hall–Kier alpha value is -1.63. The predicted octanol–water partition coefficient (Wildman–Crippen LogP) is 1.81. The number of hydrogen-bond donors (Lipinski definition) is 2. The van der Waals surface area contributed by atoms with Gasteiger partial charge in [-0.25, -0.2) is 4.98 Å². The second-order valence-corrected chi connectivity index (χ2v) is 7.83. The average Bonchev–Trinajstić information content (AvgIpc) is 2.99. The van der Waals surface area contributed by atoms with Gasteiger partial charge < -0.3 is 15.5 Å². The van der Waals surface area contributed by atoms with Gasteiger partial charge in [-0.2, -0.15) is 0 Å². The first kappa shape index (κ1) is 18.7. The highest BCUT2D eigenvalue weighted by molar-refractivity contribution is 7.11. The number of piperidine rings is 1. The maximum Gasteiger partial charge on any atom is 0.225 e. The van der Waals surface area contributed by atoms with E-state index < -0.39 is 0 Å². The molecule has 0 aromatic carbocycles. The van der Waals surface area contributed by atoms with Gasteiger partial charge >= 0.3 is 0 Å². The molecule has 7 heteroatoms. The molecular weight excluding hydrogens is 322 g/mol. The molecule has 1 aliphatic heterocycles. The van der Waals surface area contributed by atoms with Gasteiger partial charge in [-0.05, 0) is 19.8 Å². The van der Waals surface area contributed by atoms with Crippen LogP contribution >= 0.6 is 11.3 Å². The quantitative estimate of drug-likeness (QED) is 0.627. The number of hydrogen-bond acceptors (Lipinski definition) is 4. The Morgan fingerprint density at radius 3 is 2.71 bits per heavy atom. The molecule has 1 aromatic heterocycles. The minimum atomic E-state index is 0.0819. The van der Waals surface area contributed by atoms with Crippen molar-refractivity contribution in [2.45, 2.75) is 46.1 Å². The summed E-state index contributed by atoms with van der Waals surface area (Å²) >= 11 is 1.74. The van der Waals surface area contributed by atoms with Crippen LogP contribution in [0, 0.1) is 12.8 Å². The van der Waals surface area contributed by atoms with E-state index in [0.717, 1.165) is 49.9 Å². The zero-order chi connectivity index (χ0) is 17.5. The van der Waals surface area contributed by atoms with Crippen molar-refractivity contribution in [1.82, 2.24) is 20.5 Å². The number of aromatic nitrogens is 1. The summed E-state index contributed by atoms with van der Waals surface area (Å²) in [5.41, 5.74) is 0. The standard InChI is InChI=1S/C17H29N5OS/c1-12(2)16(23)22-9-6-14(7-10-22)21-17(18-4)19-8-5-15-20-11-13(3)24-15/h11-12,14H,5-10H2,1-4H3,(H2,18,19,21). The number of aryl methyl sites for hydroxylation is 1. The Bertz CT molecular complexity index is 561. The largest absolute Gasteiger partial charge is 0.356 e. The van der Waals surface area contributed by atoms with E-state index in [1.54, 1.807) is 18.4 Å². The zero-order valence-corrected chi connectivity index (χ0v) is 15.9. The van der Waals surface area contributed by atoms with E-state index in [1.807, 2.05) is 24.9 Å². The van der Waals surface area contributed by atoms with Crippen molar-refractivity contribution in [3.63, 3.8) is 0 Å². The summed E-state index contributed by atoms with van der Waals surface area (Å²) < 4.78 is 0. The van der Waals surface area contributed by atoms with Crippen molar-refractivity contribution in [2.24, 2.45) is 10.9 Å². The van der Waals surface area contributed by atoms with E-state index >= 15 is 0 Å². The Labute approximate surface area is 148 Å². The molecule has 0 spiro atoms. The van der Waals surface area contributed by atoms with E-state index in [0.29, 0.717) is 6.04 Å². The van der Waals surface area contributed by atoms with Crippen molar-refractivity contribution in [1.29, 1.82) is 0 Å². The number of nitrogens with zero attached hydrogens (tertiary/aromatic N) is 3. The molecule has 1 saturated heterocycles. The monoisotopic (exact) mass is 351 g/mol. The lowest BCUT2D eigenvalue weighted by atomic mass is 10.0. The molecule has 0 aliphatic carbocycles. The third kappa shape index (κ3) is 5.47. The van der Waals surface area contributed by atoms with E-state index in [1.165, 1.54) is 4.88 Å². The van der Waals surface area contributed by atoms with Crippen LogP contribution in [-0.2, 0) is 11.2 Å². The average molecular weight is 352 g/mol. The summed E-state index contributed by atoms with van der Waals surface area (Å²) in [4.78, 5) is 23.9. The minimum Gasteiger partial charge on any atom is -0.356 e. The second kappa shape index (κ2) is 9.01. The molecule has 6 nitrogen and oxygen atoms in total. The third-order valence-electron chi connectivity index (χ3n) is 4.17. The number of guanidine groups is 1. The lowest BCUT2D eigenvalue weighted by Crippen LogP contribution is -2.50. The Morgan fingerprint density at radius 2 is 2.17 bits per heavy atom. The number of amides is 1. The van der Waals surface area contributed by atoms with Crippen molar-refractivity contribution in [3.05, 3.63) is 16.1 Å². The van der Waals surface area contributed by atoms with Crippen molar-refractivity contribution >= 4 is 23.2 Å². The highest BCUT2D eigenvalue weighted by Gasteiger charge is 2.24. The first-order valence-corrected chi connectivity index (χ1v) is 9.48. The van der Waals surface area contributed by atoms with Crippen molar-refractivity contribution < 1.29 is 4.79 Å². The number of rotatable bonds is 5. The normalized spacial score (nSPS) is 16.5. The summed E-state index contributed by atoms with van der Waals surface area (Å²) in [5.74, 6) is 1.17. The molecule has 134 valence electrons. The molecule has 0 bridgehead atoms. The number of carbonyl (C=O) groups excluding carboxylic acids is 1. The minimum absolute atomic E-state index is 0.0819. The highest BCUT2D eigenvalue weighted by atomic mass is 32.1. The van der Waals surface area contributed by atoms with Gasteiger partial charge in [0, 0.05) is 56.1 Å². The molecule has 2 N–H and O–H groups in total. The highest BCUT2D eigenvalue weighted by Crippen LogP contribution is 2.13. The molecule has 1 aliphatic rings. The van der Waals surface area contributed by atoms with Crippen molar-refractivity contribution in [2.75, 3.05) is 26.7 Å². The van der Waals surface area contributed by atoms with Gasteiger partial charge in [0.25, 0.3) is 0 Å². The summed E-state index contributed by atoms with van der Waals surface area (Å²) in [6, 6.07) is 0.370. The van der Waals surface area contributed by atoms with Crippen molar-refractivity contribution in [3.8, 4) is 0 Å². The number of likely N-dealkylation sites (tertiary alicyclic amines) is 1. The van der Waals surface area contributed by atoms with Crippen LogP contribution in [0.1, 0.15) is 36.6 Å². The lowest BCUT2D eigenvalue weighted by Gasteiger charge is -2.34. The Balaban J connectivity index is 1.71. The summed E-state index contributed by atoms with van der Waals surface area (Å²) in [6.07, 6.45) is 4.75. The molecular formula is C17H29N5OS. The van der Waals surface area contributed by atoms with Gasteiger partial charge in [0.2, 0.25) is 5.91 Å². The number of aliphatic imine (C=N–C) groups is 1. The molecule has 2 rings (SSSR count). The molecule has 1 amide bonds. The fourth-order valence-electron chi connectivity index (χ4n) is 2.80. The fraction of sp³-hybridized carbons (Fsp3) is 0.706. The topological polar surface area (TPSA) is 69.6 Å².